The molecule has 0 aliphatic carbocycles. The van der Waals surface area contributed by atoms with Crippen molar-refractivity contribution in [3.05, 3.63) is 0 Å². The van der Waals surface area contributed by atoms with E-state index < -0.39 is 6.09 Å². The van der Waals surface area contributed by atoms with Crippen LogP contribution in [-0.4, -0.2) is 39.4 Å². The summed E-state index contributed by atoms with van der Waals surface area (Å²) in [6, 6.07) is 0.160. The van der Waals surface area contributed by atoms with Crippen molar-refractivity contribution in [2.75, 3.05) is 0 Å². The second kappa shape index (κ2) is 2.62. The maximum Gasteiger partial charge on any atom is 0.407 e. The van der Waals surface area contributed by atoms with Gasteiger partial charge in [-0.1, -0.05) is 0 Å². The summed E-state index contributed by atoms with van der Waals surface area (Å²) in [6.45, 7) is 0. The molecule has 0 saturated carbocycles. The van der Waals surface area contributed by atoms with Crippen molar-refractivity contribution < 1.29 is 15.0 Å². The average Bonchev–Trinajstić information content (AvgIpc) is 2.24. The van der Waals surface area contributed by atoms with Gasteiger partial charge in [-0.3, -0.25) is 0 Å². The maximum absolute atomic E-state index is 10.8. The zero-order chi connectivity index (χ0) is 8.72. The summed E-state index contributed by atoms with van der Waals surface area (Å²) in [6.07, 6.45) is 2.00. The van der Waals surface area contributed by atoms with Gasteiger partial charge in [0.2, 0.25) is 0 Å². The Labute approximate surface area is 70.8 Å². The van der Waals surface area contributed by atoms with Crippen LogP contribution in [0.15, 0.2) is 0 Å². The summed E-state index contributed by atoms with van der Waals surface area (Å²) in [5.41, 5.74) is 0. The van der Waals surface area contributed by atoms with Gasteiger partial charge in [0, 0.05) is 12.1 Å². The highest BCUT2D eigenvalue weighted by atomic mass is 16.4. The van der Waals surface area contributed by atoms with Crippen LogP contribution < -0.4 is 0 Å². The lowest BCUT2D eigenvalue weighted by molar-refractivity contribution is 0.0382. The minimum atomic E-state index is -0.825. The van der Waals surface area contributed by atoms with Gasteiger partial charge in [-0.15, -0.1) is 0 Å². The highest BCUT2D eigenvalue weighted by Crippen LogP contribution is 2.35. The molecular formula is C8H13NO3. The van der Waals surface area contributed by atoms with E-state index in [4.69, 9.17) is 5.11 Å². The van der Waals surface area contributed by atoms with Gasteiger partial charge in [0.15, 0.2) is 0 Å². The van der Waals surface area contributed by atoms with Gasteiger partial charge in [0.25, 0.3) is 0 Å². The lowest BCUT2D eigenvalue weighted by Gasteiger charge is -2.34. The van der Waals surface area contributed by atoms with Crippen molar-refractivity contribution in [2.45, 2.75) is 43.9 Å². The summed E-state index contributed by atoms with van der Waals surface area (Å²) < 4.78 is 0. The molecule has 1 unspecified atom stereocenters. The summed E-state index contributed by atoms with van der Waals surface area (Å²) >= 11 is 0. The van der Waals surface area contributed by atoms with Crippen LogP contribution in [0.4, 0.5) is 4.79 Å². The third kappa shape index (κ3) is 1.06. The first kappa shape index (κ1) is 7.86. The summed E-state index contributed by atoms with van der Waals surface area (Å²) in [5, 5.41) is 18.2. The van der Waals surface area contributed by atoms with Crippen LogP contribution >= 0.6 is 0 Å². The fourth-order valence-corrected chi connectivity index (χ4v) is 2.46. The normalized spacial score (nSPS) is 40.1. The van der Waals surface area contributed by atoms with Crippen LogP contribution in [0.3, 0.4) is 0 Å². The van der Waals surface area contributed by atoms with Crippen LogP contribution in [0.2, 0.25) is 0 Å². The molecule has 2 N–H and O–H groups in total. The molecule has 0 radical (unpaired) electrons. The smallest absolute Gasteiger partial charge is 0.407 e. The van der Waals surface area contributed by atoms with E-state index in [-0.39, 0.29) is 18.2 Å². The number of carbonyl (C=O) groups is 1. The fraction of sp³-hybridized carbons (Fsp3) is 0.875. The lowest BCUT2D eigenvalue weighted by Crippen LogP contribution is -2.47. The number of carboxylic acid groups (broad SMARTS) is 1. The molecule has 0 aromatic rings. The molecular weight excluding hydrogens is 158 g/mol. The minimum Gasteiger partial charge on any atom is -0.465 e. The Morgan fingerprint density at radius 2 is 1.75 bits per heavy atom. The van der Waals surface area contributed by atoms with Gasteiger partial charge in [-0.25, -0.2) is 4.79 Å². The predicted molar refractivity (Wildman–Crippen MR) is 41.9 cm³/mol. The molecule has 12 heavy (non-hydrogen) atoms. The number of nitrogens with zero attached hydrogens (tertiary/aromatic N) is 1. The average molecular weight is 171 g/mol. The van der Waals surface area contributed by atoms with Crippen molar-refractivity contribution >= 4 is 6.09 Å². The second-order valence-corrected chi connectivity index (χ2v) is 3.70. The molecule has 0 aromatic carbocycles. The van der Waals surface area contributed by atoms with E-state index in [1.807, 2.05) is 0 Å². The zero-order valence-corrected chi connectivity index (χ0v) is 6.81. The molecule has 1 amide bonds. The van der Waals surface area contributed by atoms with Crippen molar-refractivity contribution in [2.24, 2.45) is 0 Å². The van der Waals surface area contributed by atoms with Gasteiger partial charge in [0.1, 0.15) is 0 Å². The Balaban J connectivity index is 2.14. The molecule has 2 fully saturated rings. The second-order valence-electron chi connectivity index (χ2n) is 3.70. The first-order chi connectivity index (χ1) is 5.68. The first-order valence-electron chi connectivity index (χ1n) is 4.38. The molecule has 0 spiro atoms. The number of fused-ring (bicyclic) bond motifs is 2. The molecule has 2 aliphatic heterocycles. The Morgan fingerprint density at radius 1 is 1.25 bits per heavy atom. The summed E-state index contributed by atoms with van der Waals surface area (Å²) in [5.74, 6) is 0. The van der Waals surface area contributed by atoms with Gasteiger partial charge in [0.05, 0.1) is 6.10 Å². The Bertz CT molecular complexity index is 192. The van der Waals surface area contributed by atoms with E-state index in [0.29, 0.717) is 12.8 Å². The lowest BCUT2D eigenvalue weighted by atomic mass is 10.0. The molecule has 2 bridgehead atoms. The SMILES string of the molecule is O=C(O)N1C2CC[C@H]1C[C@H](O)C2. The van der Waals surface area contributed by atoms with Gasteiger partial charge >= 0.3 is 6.09 Å². The number of amides is 1. The van der Waals surface area contributed by atoms with Crippen LogP contribution in [0.1, 0.15) is 25.7 Å². The molecule has 2 rings (SSSR count). The third-order valence-corrected chi connectivity index (χ3v) is 2.93. The Kier molecular flexibility index (Phi) is 1.72. The quantitative estimate of drug-likeness (QED) is 0.562. The molecule has 68 valence electrons. The van der Waals surface area contributed by atoms with E-state index >= 15 is 0 Å². The number of rotatable bonds is 0. The van der Waals surface area contributed by atoms with Crippen molar-refractivity contribution in [1.29, 1.82) is 0 Å². The van der Waals surface area contributed by atoms with E-state index in [1.54, 1.807) is 0 Å². The summed E-state index contributed by atoms with van der Waals surface area (Å²) in [7, 11) is 0. The number of aliphatic hydroxyl groups excluding tert-OH is 1. The van der Waals surface area contributed by atoms with Crippen LogP contribution in [0.25, 0.3) is 0 Å². The van der Waals surface area contributed by atoms with Crippen LogP contribution in [-0.2, 0) is 0 Å². The predicted octanol–water partition coefficient (Wildman–Crippen LogP) is 0.652. The topological polar surface area (TPSA) is 60.8 Å². The van der Waals surface area contributed by atoms with Gasteiger partial charge in [-0.2, -0.15) is 0 Å². The molecule has 2 saturated heterocycles. The van der Waals surface area contributed by atoms with E-state index in [9.17, 15) is 9.90 Å². The Morgan fingerprint density at radius 3 is 2.17 bits per heavy atom. The first-order valence-corrected chi connectivity index (χ1v) is 4.38. The molecule has 4 nitrogen and oxygen atoms in total. The number of aliphatic hydroxyl groups is 1. The Hall–Kier alpha value is -0.770. The van der Waals surface area contributed by atoms with E-state index in [2.05, 4.69) is 0 Å². The van der Waals surface area contributed by atoms with Gasteiger partial charge in [-0.05, 0) is 25.7 Å². The molecule has 2 heterocycles. The maximum atomic E-state index is 10.8. The highest BCUT2D eigenvalue weighted by molar-refractivity contribution is 5.66. The standard InChI is InChI=1S/C8H13NO3/c10-7-3-5-1-2-6(4-7)9(5)8(11)12/h5-7,10H,1-4H2,(H,11,12)/t5-,6?,7-/m0/s1. The third-order valence-electron chi connectivity index (χ3n) is 2.93. The van der Waals surface area contributed by atoms with Crippen molar-refractivity contribution in [3.8, 4) is 0 Å². The zero-order valence-electron chi connectivity index (χ0n) is 6.81. The largest absolute Gasteiger partial charge is 0.465 e. The molecule has 0 aromatic heterocycles. The summed E-state index contributed by atoms with van der Waals surface area (Å²) in [4.78, 5) is 12.3. The number of hydrogen-bond donors (Lipinski definition) is 2. The molecule has 4 heteroatoms. The van der Waals surface area contributed by atoms with Crippen LogP contribution in [0, 0.1) is 0 Å². The van der Waals surface area contributed by atoms with E-state index in [0.717, 1.165) is 12.8 Å². The fourth-order valence-electron chi connectivity index (χ4n) is 2.46. The molecule has 3 atom stereocenters. The monoisotopic (exact) mass is 171 g/mol. The van der Waals surface area contributed by atoms with Crippen molar-refractivity contribution in [3.63, 3.8) is 0 Å². The van der Waals surface area contributed by atoms with E-state index in [1.165, 1.54) is 4.90 Å². The number of piperidine rings is 1. The van der Waals surface area contributed by atoms with Crippen LogP contribution in [0.5, 0.6) is 0 Å². The van der Waals surface area contributed by atoms with Gasteiger partial charge < -0.3 is 15.1 Å². The minimum absolute atomic E-state index is 0.0799. The highest BCUT2D eigenvalue weighted by Gasteiger charge is 2.42. The van der Waals surface area contributed by atoms with Crippen molar-refractivity contribution in [1.82, 2.24) is 4.90 Å². The molecule has 2 aliphatic rings. The number of hydrogen-bond acceptors (Lipinski definition) is 2.